The Labute approximate surface area is 161 Å². The summed E-state index contributed by atoms with van der Waals surface area (Å²) >= 11 is 1.06. The minimum absolute atomic E-state index is 0.0313. The molecule has 2 aromatic carbocycles. The van der Waals surface area contributed by atoms with E-state index >= 15 is 0 Å². The van der Waals surface area contributed by atoms with Gasteiger partial charge in [0.25, 0.3) is 0 Å². The number of aliphatic hydroxyl groups excluding tert-OH is 2. The van der Waals surface area contributed by atoms with Gasteiger partial charge in [-0.1, -0.05) is 60.7 Å². The average molecular weight is 391 g/mol. The van der Waals surface area contributed by atoms with Crippen LogP contribution in [0.25, 0.3) is 0 Å². The van der Waals surface area contributed by atoms with Crippen molar-refractivity contribution in [3.63, 3.8) is 0 Å². The number of carbonyl (C=O) groups is 2. The second-order valence-corrected chi connectivity index (χ2v) is 5.03. The molecule has 0 bridgehead atoms. The third-order valence-electron chi connectivity index (χ3n) is 2.80. The van der Waals surface area contributed by atoms with Gasteiger partial charge < -0.3 is 10.2 Å². The molecule has 0 fully saturated rings. The van der Waals surface area contributed by atoms with E-state index in [0.29, 0.717) is 11.1 Å². The molecular formula is C20H20O5V. The zero-order valence-electron chi connectivity index (χ0n) is 14.5. The number of hydrogen-bond donors (Lipinski definition) is 2. The zero-order valence-corrected chi connectivity index (χ0v) is 15.9. The van der Waals surface area contributed by atoms with Crippen LogP contribution in [-0.4, -0.2) is 21.8 Å². The Hall–Kier alpha value is -2.76. The molecule has 2 rings (SSSR count). The summed E-state index contributed by atoms with van der Waals surface area (Å²) in [6, 6.07) is 17.7. The van der Waals surface area contributed by atoms with E-state index in [4.69, 9.17) is 13.9 Å². The third-order valence-corrected chi connectivity index (χ3v) is 2.80. The van der Waals surface area contributed by atoms with Gasteiger partial charge in [-0.3, -0.25) is 9.59 Å². The van der Waals surface area contributed by atoms with Crippen molar-refractivity contribution in [3.05, 3.63) is 95.5 Å². The Kier molecular flexibility index (Phi) is 12.1. The quantitative estimate of drug-likeness (QED) is 0.454. The van der Waals surface area contributed by atoms with Gasteiger partial charge in [0.1, 0.15) is 0 Å². The first-order chi connectivity index (χ1) is 12.4. The topological polar surface area (TPSA) is 91.7 Å². The number of carbonyl (C=O) groups excluding carboxylic acids is 2. The van der Waals surface area contributed by atoms with Gasteiger partial charge in [0, 0.05) is 23.3 Å². The van der Waals surface area contributed by atoms with E-state index in [9.17, 15) is 9.59 Å². The summed E-state index contributed by atoms with van der Waals surface area (Å²) in [4.78, 5) is 22.4. The Morgan fingerprint density at radius 2 is 0.962 bits per heavy atom. The van der Waals surface area contributed by atoms with Crippen LogP contribution in [0.3, 0.4) is 0 Å². The van der Waals surface area contributed by atoms with Gasteiger partial charge in [0.15, 0.2) is 11.6 Å². The normalized spacial score (nSPS) is 10.5. The summed E-state index contributed by atoms with van der Waals surface area (Å²) in [6.45, 7) is 2.95. The van der Waals surface area contributed by atoms with Crippen molar-refractivity contribution in [1.82, 2.24) is 0 Å². The number of ketones is 2. The predicted octanol–water partition coefficient (Wildman–Crippen LogP) is 4.54. The van der Waals surface area contributed by atoms with E-state index in [1.807, 2.05) is 12.1 Å². The van der Waals surface area contributed by atoms with Crippen LogP contribution >= 0.6 is 0 Å². The molecule has 0 aliphatic carbocycles. The van der Waals surface area contributed by atoms with E-state index in [-0.39, 0.29) is 23.1 Å². The predicted molar refractivity (Wildman–Crippen MR) is 95.0 cm³/mol. The number of allylic oxidation sites excluding steroid dienone is 4. The Morgan fingerprint density at radius 1 is 0.692 bits per heavy atom. The van der Waals surface area contributed by atoms with Crippen LogP contribution in [0.5, 0.6) is 0 Å². The van der Waals surface area contributed by atoms with E-state index < -0.39 is 0 Å². The summed E-state index contributed by atoms with van der Waals surface area (Å²) in [5.74, 6) is -0.279. The Balaban J connectivity index is 0.000000439. The molecule has 2 aromatic rings. The maximum absolute atomic E-state index is 11.2. The molecule has 2 N–H and O–H groups in total. The first-order valence-electron chi connectivity index (χ1n) is 7.51. The molecule has 26 heavy (non-hydrogen) atoms. The first kappa shape index (κ1) is 23.2. The molecule has 0 heterocycles. The van der Waals surface area contributed by atoms with Crippen LogP contribution in [0.15, 0.2) is 84.3 Å². The summed E-state index contributed by atoms with van der Waals surface area (Å²) in [5, 5.41) is 17.6. The molecule has 5 nitrogen and oxygen atoms in total. The van der Waals surface area contributed by atoms with Crippen molar-refractivity contribution in [2.45, 2.75) is 13.8 Å². The molecule has 6 heteroatoms. The second-order valence-electron chi connectivity index (χ2n) is 5.03. The Morgan fingerprint density at radius 3 is 1.19 bits per heavy atom. The van der Waals surface area contributed by atoms with Gasteiger partial charge in [-0.05, 0) is 13.8 Å². The first-order valence-corrected chi connectivity index (χ1v) is 8.08. The van der Waals surface area contributed by atoms with Gasteiger partial charge in [-0.25, -0.2) is 0 Å². The van der Waals surface area contributed by atoms with Crippen molar-refractivity contribution in [1.29, 1.82) is 0 Å². The van der Waals surface area contributed by atoms with Crippen LogP contribution in [0.1, 0.15) is 34.6 Å². The molecule has 135 valence electrons. The van der Waals surface area contributed by atoms with Gasteiger partial charge in [-0.2, -0.15) is 0 Å². The molecule has 0 aliphatic rings. The van der Waals surface area contributed by atoms with Gasteiger partial charge in [0.05, 0.1) is 11.5 Å². The van der Waals surface area contributed by atoms with Crippen molar-refractivity contribution >= 4 is 11.6 Å². The number of benzene rings is 2. The van der Waals surface area contributed by atoms with Crippen molar-refractivity contribution in [2.75, 3.05) is 0 Å². The fraction of sp³-hybridized carbons (Fsp3) is 0.100. The molecule has 0 atom stereocenters. The molecule has 0 saturated heterocycles. The third kappa shape index (κ3) is 10.2. The summed E-state index contributed by atoms with van der Waals surface area (Å²) in [7, 11) is 0. The monoisotopic (exact) mass is 391 g/mol. The van der Waals surface area contributed by atoms with Crippen molar-refractivity contribution in [2.24, 2.45) is 0 Å². The standard InChI is InChI=1S/2C10H10O2.O.V/c2*1-8(11)7-10(12)9-5-3-2-4-6-9;;/h2*2-7,11H,1H3;;/b2*8-7-;;. The van der Waals surface area contributed by atoms with E-state index in [2.05, 4.69) is 0 Å². The van der Waals surface area contributed by atoms with Crippen LogP contribution in [0, 0.1) is 0 Å². The molecule has 0 aromatic heterocycles. The van der Waals surface area contributed by atoms with Crippen LogP contribution in [-0.2, 0) is 21.0 Å². The zero-order chi connectivity index (χ0) is 19.9. The van der Waals surface area contributed by atoms with Crippen molar-refractivity contribution < 1.29 is 40.8 Å². The van der Waals surface area contributed by atoms with Gasteiger partial charge in [0.2, 0.25) is 0 Å². The molecule has 0 unspecified atom stereocenters. The fourth-order valence-electron chi connectivity index (χ4n) is 1.75. The van der Waals surface area contributed by atoms with Gasteiger partial charge in [-0.15, -0.1) is 0 Å². The molecule has 0 amide bonds. The fourth-order valence-corrected chi connectivity index (χ4v) is 1.75. The van der Waals surface area contributed by atoms with Crippen LogP contribution < -0.4 is 0 Å². The van der Waals surface area contributed by atoms with Gasteiger partial charge >= 0.3 is 21.0 Å². The van der Waals surface area contributed by atoms with E-state index in [1.54, 1.807) is 48.5 Å². The molecule has 0 saturated carbocycles. The summed E-state index contributed by atoms with van der Waals surface area (Å²) in [5.41, 5.74) is 1.18. The average Bonchev–Trinajstić information content (AvgIpc) is 2.64. The number of hydrogen-bond acceptors (Lipinski definition) is 5. The maximum atomic E-state index is 11.2. The number of rotatable bonds is 4. The van der Waals surface area contributed by atoms with E-state index in [1.165, 1.54) is 26.0 Å². The van der Waals surface area contributed by atoms with Crippen LogP contribution in [0.2, 0.25) is 0 Å². The summed E-state index contributed by atoms with van der Waals surface area (Å²) < 4.78 is 8.19. The summed E-state index contributed by atoms with van der Waals surface area (Å²) in [6.07, 6.45) is 2.41. The second kappa shape index (κ2) is 13.5. The number of aliphatic hydroxyl groups is 2. The van der Waals surface area contributed by atoms with Crippen LogP contribution in [0.4, 0.5) is 0 Å². The van der Waals surface area contributed by atoms with E-state index in [0.717, 1.165) is 17.4 Å². The molecule has 0 radical (unpaired) electrons. The molecule has 0 spiro atoms. The Bertz CT molecular complexity index is 679. The SMILES string of the molecule is C/C(O)=C/C(=O)c1ccccc1.C/C(O)=C/C(=O)c1ccccc1.[O]=[V]. The molecular weight excluding hydrogens is 371 g/mol. The molecule has 0 aliphatic heterocycles. The minimum atomic E-state index is -0.171. The van der Waals surface area contributed by atoms with Crippen molar-refractivity contribution in [3.8, 4) is 0 Å².